The van der Waals surface area contributed by atoms with Crippen LogP contribution in [0.5, 0.6) is 0 Å². The number of hydrogen-bond donors (Lipinski definition) is 2. The molecule has 1 aromatic heterocycles. The van der Waals surface area contributed by atoms with Gasteiger partial charge in [0.15, 0.2) is 0 Å². The Morgan fingerprint density at radius 3 is 2.65 bits per heavy atom. The minimum absolute atomic E-state index is 0.680. The molecule has 0 atom stereocenters. The Morgan fingerprint density at radius 1 is 1.10 bits per heavy atom. The van der Waals surface area contributed by atoms with Crippen molar-refractivity contribution in [1.82, 2.24) is 9.97 Å². The van der Waals surface area contributed by atoms with Crippen molar-refractivity contribution in [3.05, 3.63) is 41.1 Å². The lowest BCUT2D eigenvalue weighted by atomic mass is 10.1. The molecular formula is C16H22N4. The summed E-state index contributed by atoms with van der Waals surface area (Å²) in [6.07, 6.45) is 1.05. The van der Waals surface area contributed by atoms with Crippen LogP contribution in [0.4, 0.5) is 17.5 Å². The fourth-order valence-electron chi connectivity index (χ4n) is 1.97. The third-order valence-corrected chi connectivity index (χ3v) is 3.25. The first kappa shape index (κ1) is 14.3. The van der Waals surface area contributed by atoms with E-state index in [2.05, 4.69) is 59.6 Å². The Hall–Kier alpha value is -2.10. The van der Waals surface area contributed by atoms with Crippen molar-refractivity contribution in [1.29, 1.82) is 0 Å². The largest absolute Gasteiger partial charge is 0.354 e. The molecule has 0 aliphatic rings. The molecular weight excluding hydrogens is 248 g/mol. The van der Waals surface area contributed by atoms with Gasteiger partial charge in [-0.15, -0.1) is 0 Å². The van der Waals surface area contributed by atoms with Gasteiger partial charge in [0.2, 0.25) is 5.95 Å². The zero-order valence-electron chi connectivity index (χ0n) is 12.6. The maximum Gasteiger partial charge on any atom is 0.224 e. The second-order valence-corrected chi connectivity index (χ2v) is 5.02. The quantitative estimate of drug-likeness (QED) is 0.863. The molecule has 106 valence electrons. The molecule has 1 aromatic carbocycles. The van der Waals surface area contributed by atoms with Crippen molar-refractivity contribution in [2.75, 3.05) is 17.2 Å². The van der Waals surface area contributed by atoms with E-state index in [1.807, 2.05) is 13.0 Å². The second-order valence-electron chi connectivity index (χ2n) is 5.02. The van der Waals surface area contributed by atoms with Crippen molar-refractivity contribution in [2.45, 2.75) is 34.1 Å². The van der Waals surface area contributed by atoms with Crippen LogP contribution in [-0.2, 0) is 0 Å². The summed E-state index contributed by atoms with van der Waals surface area (Å²) in [5.41, 5.74) is 4.55. The lowest BCUT2D eigenvalue weighted by Gasteiger charge is -2.12. The van der Waals surface area contributed by atoms with Gasteiger partial charge in [0.05, 0.1) is 0 Å². The first-order valence-electron chi connectivity index (χ1n) is 7.03. The van der Waals surface area contributed by atoms with Gasteiger partial charge in [-0.3, -0.25) is 0 Å². The Kier molecular flexibility index (Phi) is 4.56. The molecule has 0 fully saturated rings. The highest BCUT2D eigenvalue weighted by molar-refractivity contribution is 5.62. The number of rotatable bonds is 5. The van der Waals surface area contributed by atoms with E-state index in [9.17, 15) is 0 Å². The fourth-order valence-corrected chi connectivity index (χ4v) is 1.97. The number of nitrogens with zero attached hydrogens (tertiary/aromatic N) is 2. The van der Waals surface area contributed by atoms with Crippen LogP contribution in [0.15, 0.2) is 24.3 Å². The van der Waals surface area contributed by atoms with Gasteiger partial charge in [-0.25, -0.2) is 4.98 Å². The van der Waals surface area contributed by atoms with E-state index < -0.39 is 0 Å². The number of aromatic nitrogens is 2. The van der Waals surface area contributed by atoms with Crippen LogP contribution in [0.2, 0.25) is 0 Å². The summed E-state index contributed by atoms with van der Waals surface area (Å²) in [6, 6.07) is 8.19. The van der Waals surface area contributed by atoms with Gasteiger partial charge >= 0.3 is 0 Å². The molecule has 4 heteroatoms. The third-order valence-electron chi connectivity index (χ3n) is 3.25. The average molecular weight is 270 g/mol. The summed E-state index contributed by atoms with van der Waals surface area (Å²) < 4.78 is 0. The average Bonchev–Trinajstić information content (AvgIpc) is 2.41. The Labute approximate surface area is 120 Å². The highest BCUT2D eigenvalue weighted by atomic mass is 15.1. The van der Waals surface area contributed by atoms with Crippen LogP contribution < -0.4 is 10.6 Å². The number of anilines is 3. The van der Waals surface area contributed by atoms with Gasteiger partial charge < -0.3 is 10.6 Å². The Bertz CT molecular complexity index is 593. The molecule has 0 aliphatic carbocycles. The molecule has 2 N–H and O–H groups in total. The van der Waals surface area contributed by atoms with Crippen LogP contribution in [0.1, 0.15) is 30.2 Å². The Balaban J connectivity index is 2.24. The zero-order chi connectivity index (χ0) is 14.5. The molecule has 0 amide bonds. The van der Waals surface area contributed by atoms with Gasteiger partial charge in [0, 0.05) is 24.0 Å². The molecule has 2 rings (SSSR count). The van der Waals surface area contributed by atoms with E-state index in [4.69, 9.17) is 0 Å². The van der Waals surface area contributed by atoms with Crippen LogP contribution in [0.25, 0.3) is 0 Å². The summed E-state index contributed by atoms with van der Waals surface area (Å²) in [4.78, 5) is 8.89. The number of nitrogens with one attached hydrogen (secondary N) is 2. The Morgan fingerprint density at radius 2 is 1.90 bits per heavy atom. The van der Waals surface area contributed by atoms with Crippen molar-refractivity contribution in [3.63, 3.8) is 0 Å². The van der Waals surface area contributed by atoms with E-state index in [-0.39, 0.29) is 0 Å². The fraction of sp³-hybridized carbons (Fsp3) is 0.375. The molecule has 0 bridgehead atoms. The second kappa shape index (κ2) is 6.37. The van der Waals surface area contributed by atoms with Crippen LogP contribution in [0.3, 0.4) is 0 Å². The molecule has 2 aromatic rings. The summed E-state index contributed by atoms with van der Waals surface area (Å²) in [7, 11) is 0. The maximum atomic E-state index is 4.50. The molecule has 0 saturated heterocycles. The van der Waals surface area contributed by atoms with E-state index in [0.29, 0.717) is 5.95 Å². The molecule has 0 radical (unpaired) electrons. The first-order chi connectivity index (χ1) is 9.60. The molecule has 0 spiro atoms. The van der Waals surface area contributed by atoms with Crippen LogP contribution >= 0.6 is 0 Å². The number of aryl methyl sites for hydroxylation is 2. The van der Waals surface area contributed by atoms with Gasteiger partial charge in [-0.05, 0) is 44.4 Å². The van der Waals surface area contributed by atoms with Crippen molar-refractivity contribution in [2.24, 2.45) is 0 Å². The third kappa shape index (κ3) is 3.47. The summed E-state index contributed by atoms with van der Waals surface area (Å²) >= 11 is 0. The highest BCUT2D eigenvalue weighted by Gasteiger charge is 2.05. The van der Waals surface area contributed by atoms with Gasteiger partial charge in [0.1, 0.15) is 5.82 Å². The first-order valence-corrected chi connectivity index (χ1v) is 7.03. The topological polar surface area (TPSA) is 49.8 Å². The summed E-state index contributed by atoms with van der Waals surface area (Å²) in [6.45, 7) is 9.21. The van der Waals surface area contributed by atoms with Crippen molar-refractivity contribution < 1.29 is 0 Å². The lowest BCUT2D eigenvalue weighted by Crippen LogP contribution is -2.07. The summed E-state index contributed by atoms with van der Waals surface area (Å²) in [5, 5.41) is 6.60. The zero-order valence-corrected chi connectivity index (χ0v) is 12.6. The van der Waals surface area contributed by atoms with Crippen molar-refractivity contribution >= 4 is 17.5 Å². The lowest BCUT2D eigenvalue weighted by molar-refractivity contribution is 0.947. The molecule has 1 heterocycles. The van der Waals surface area contributed by atoms with E-state index in [1.165, 1.54) is 11.1 Å². The smallest absolute Gasteiger partial charge is 0.224 e. The summed E-state index contributed by atoms with van der Waals surface area (Å²) in [5.74, 6) is 1.50. The highest BCUT2D eigenvalue weighted by Crippen LogP contribution is 2.22. The predicted molar refractivity (Wildman–Crippen MR) is 84.7 cm³/mol. The monoisotopic (exact) mass is 270 g/mol. The van der Waals surface area contributed by atoms with Crippen LogP contribution in [0, 0.1) is 20.8 Å². The van der Waals surface area contributed by atoms with Crippen molar-refractivity contribution in [3.8, 4) is 0 Å². The molecule has 0 unspecified atom stereocenters. The number of benzene rings is 1. The van der Waals surface area contributed by atoms with E-state index >= 15 is 0 Å². The number of hydrogen-bond acceptors (Lipinski definition) is 4. The predicted octanol–water partition coefficient (Wildman–Crippen LogP) is 3.97. The van der Waals surface area contributed by atoms with Gasteiger partial charge in [-0.2, -0.15) is 4.98 Å². The SMILES string of the molecule is CCCNc1nc(C)cc(Nc2cccc(C)c2C)n1. The van der Waals surface area contributed by atoms with Crippen LogP contribution in [-0.4, -0.2) is 16.5 Å². The van der Waals surface area contributed by atoms with E-state index in [0.717, 1.165) is 30.2 Å². The maximum absolute atomic E-state index is 4.50. The molecule has 0 aliphatic heterocycles. The van der Waals surface area contributed by atoms with E-state index in [1.54, 1.807) is 0 Å². The minimum Gasteiger partial charge on any atom is -0.354 e. The molecule has 4 nitrogen and oxygen atoms in total. The normalized spacial score (nSPS) is 10.4. The standard InChI is InChI=1S/C16H22N4/c1-5-9-17-16-18-12(3)10-15(20-16)19-14-8-6-7-11(2)13(14)4/h6-8,10H,5,9H2,1-4H3,(H2,17,18,19,20). The minimum atomic E-state index is 0.680. The van der Waals surface area contributed by atoms with Gasteiger partial charge in [0.25, 0.3) is 0 Å². The van der Waals surface area contributed by atoms with Gasteiger partial charge in [-0.1, -0.05) is 19.1 Å². The molecule has 0 saturated carbocycles. The molecule has 20 heavy (non-hydrogen) atoms.